The number of benzene rings is 4. The van der Waals surface area contributed by atoms with E-state index in [-0.39, 0.29) is 24.8 Å². The molecule has 1 unspecified atom stereocenters. The molecular formula is C33H30N2O5. The summed E-state index contributed by atoms with van der Waals surface area (Å²) in [6.45, 7) is 3.90. The molecule has 0 saturated carbocycles. The molecule has 5 aromatic rings. The zero-order chi connectivity index (χ0) is 28.1. The van der Waals surface area contributed by atoms with Crippen molar-refractivity contribution in [2.75, 3.05) is 13.2 Å². The van der Waals surface area contributed by atoms with E-state index in [1.807, 2.05) is 67.6 Å². The molecule has 0 amide bonds. The van der Waals surface area contributed by atoms with Crippen molar-refractivity contribution in [3.05, 3.63) is 147 Å². The van der Waals surface area contributed by atoms with Gasteiger partial charge in [0.1, 0.15) is 0 Å². The van der Waals surface area contributed by atoms with Gasteiger partial charge in [-0.25, -0.2) is 4.79 Å². The van der Waals surface area contributed by atoms with E-state index in [9.17, 15) is 14.9 Å². The minimum absolute atomic E-state index is 0.0800. The predicted molar refractivity (Wildman–Crippen MR) is 154 cm³/mol. The number of aromatic nitrogens is 1. The van der Waals surface area contributed by atoms with Crippen molar-refractivity contribution < 1.29 is 19.2 Å². The second-order valence-corrected chi connectivity index (χ2v) is 9.35. The fourth-order valence-electron chi connectivity index (χ4n) is 5.42. The summed E-state index contributed by atoms with van der Waals surface area (Å²) >= 11 is 0. The fraction of sp³-hybridized carbons (Fsp3) is 0.182. The van der Waals surface area contributed by atoms with Gasteiger partial charge in [0.15, 0.2) is 0 Å². The molecule has 0 fully saturated rings. The van der Waals surface area contributed by atoms with Crippen LogP contribution >= 0.6 is 0 Å². The zero-order valence-electron chi connectivity index (χ0n) is 22.4. The quantitative estimate of drug-likeness (QED) is 0.117. The number of nitrogens with zero attached hydrogens (tertiary/aromatic N) is 1. The maximum Gasteiger partial charge on any atom is 0.347 e. The van der Waals surface area contributed by atoms with E-state index in [0.717, 1.165) is 27.7 Å². The van der Waals surface area contributed by atoms with Crippen LogP contribution in [0.1, 0.15) is 47.7 Å². The number of ether oxygens (including phenoxy) is 2. The van der Waals surface area contributed by atoms with Gasteiger partial charge < -0.3 is 14.5 Å². The maximum absolute atomic E-state index is 14.2. The minimum atomic E-state index is -1.70. The van der Waals surface area contributed by atoms with Crippen LogP contribution in [-0.2, 0) is 19.9 Å². The number of nitrogens with one attached hydrogen (secondary N) is 1. The summed E-state index contributed by atoms with van der Waals surface area (Å²) in [5.74, 6) is -0.867. The molecule has 7 nitrogen and oxygen atoms in total. The molecular weight excluding hydrogens is 504 g/mol. The lowest BCUT2D eigenvalue weighted by Gasteiger charge is -2.34. The van der Waals surface area contributed by atoms with Crippen molar-refractivity contribution in [1.29, 1.82) is 0 Å². The van der Waals surface area contributed by atoms with E-state index in [0.29, 0.717) is 11.1 Å². The first-order valence-electron chi connectivity index (χ1n) is 13.3. The Morgan fingerprint density at radius 2 is 1.40 bits per heavy atom. The molecule has 0 saturated heterocycles. The highest BCUT2D eigenvalue weighted by atomic mass is 16.6. The number of non-ortho nitro benzene ring substituents is 1. The highest BCUT2D eigenvalue weighted by molar-refractivity contribution is 5.96. The number of fused-ring (bicyclic) bond motifs is 1. The molecule has 0 spiro atoms. The number of rotatable bonds is 10. The van der Waals surface area contributed by atoms with Crippen LogP contribution in [0.15, 0.2) is 109 Å². The topological polar surface area (TPSA) is 94.5 Å². The Balaban J connectivity index is 1.90. The van der Waals surface area contributed by atoms with Crippen molar-refractivity contribution in [3.63, 3.8) is 0 Å². The third kappa shape index (κ3) is 4.76. The number of hydrogen-bond donors (Lipinski definition) is 1. The summed E-state index contributed by atoms with van der Waals surface area (Å²) in [5.41, 5.74) is 2.95. The van der Waals surface area contributed by atoms with E-state index in [2.05, 4.69) is 29.2 Å². The lowest BCUT2D eigenvalue weighted by Crippen LogP contribution is -2.42. The normalized spacial score (nSPS) is 12.8. The predicted octanol–water partition coefficient (Wildman–Crippen LogP) is 7.10. The standard InChI is InChI=1S/C33H30N2O5/c1-3-39-32(36)33(40-4-2,25-19-21-26(22-20-25)35(37)38)30-27-17-11-12-18-28(27)34-31(30)29(23-13-7-5-8-14-23)24-15-9-6-10-16-24/h5-22,29,34H,3-4H2,1-2H3. The second kappa shape index (κ2) is 11.6. The molecule has 202 valence electrons. The van der Waals surface area contributed by atoms with Crippen LogP contribution in [0.5, 0.6) is 0 Å². The van der Waals surface area contributed by atoms with E-state index in [1.54, 1.807) is 19.1 Å². The molecule has 4 aromatic carbocycles. The van der Waals surface area contributed by atoms with Gasteiger partial charge in [0, 0.05) is 52.4 Å². The summed E-state index contributed by atoms with van der Waals surface area (Å²) in [6, 6.07) is 33.9. The number of para-hydroxylation sites is 1. The first-order valence-corrected chi connectivity index (χ1v) is 13.3. The molecule has 0 aliphatic carbocycles. The number of H-pyrrole nitrogens is 1. The highest BCUT2D eigenvalue weighted by Gasteiger charge is 2.49. The Bertz CT molecular complexity index is 1570. The van der Waals surface area contributed by atoms with Gasteiger partial charge in [0.2, 0.25) is 5.60 Å². The van der Waals surface area contributed by atoms with Crippen molar-refractivity contribution in [2.45, 2.75) is 25.4 Å². The molecule has 0 radical (unpaired) electrons. The van der Waals surface area contributed by atoms with Crippen LogP contribution in [0.4, 0.5) is 5.69 Å². The van der Waals surface area contributed by atoms with Gasteiger partial charge in [0.25, 0.3) is 5.69 Å². The number of nitro benzene ring substituents is 1. The lowest BCUT2D eigenvalue weighted by atomic mass is 9.78. The largest absolute Gasteiger partial charge is 0.463 e. The number of carbonyl (C=O) groups excluding carboxylic acids is 1. The van der Waals surface area contributed by atoms with E-state index < -0.39 is 16.5 Å². The molecule has 0 aliphatic heterocycles. The molecule has 0 bridgehead atoms. The molecule has 1 atom stereocenters. The van der Waals surface area contributed by atoms with E-state index >= 15 is 0 Å². The first-order chi connectivity index (χ1) is 19.5. The molecule has 0 aliphatic rings. The maximum atomic E-state index is 14.2. The summed E-state index contributed by atoms with van der Waals surface area (Å²) in [5, 5.41) is 12.3. The van der Waals surface area contributed by atoms with Crippen LogP contribution in [0, 0.1) is 10.1 Å². The van der Waals surface area contributed by atoms with Crippen LogP contribution in [0.2, 0.25) is 0 Å². The Hall–Kier alpha value is -4.75. The van der Waals surface area contributed by atoms with Crippen molar-refractivity contribution in [1.82, 2.24) is 4.98 Å². The number of esters is 1. The number of nitro groups is 1. The van der Waals surface area contributed by atoms with E-state index in [1.165, 1.54) is 12.1 Å². The molecule has 5 rings (SSSR count). The summed E-state index contributed by atoms with van der Waals surface area (Å²) in [7, 11) is 0. The molecule has 1 heterocycles. The lowest BCUT2D eigenvalue weighted by molar-refractivity contribution is -0.384. The van der Waals surface area contributed by atoms with Gasteiger partial charge in [-0.15, -0.1) is 0 Å². The molecule has 1 N–H and O–H groups in total. The second-order valence-electron chi connectivity index (χ2n) is 9.35. The number of hydrogen-bond acceptors (Lipinski definition) is 5. The van der Waals surface area contributed by atoms with Crippen LogP contribution in [0.25, 0.3) is 10.9 Å². The summed E-state index contributed by atoms with van der Waals surface area (Å²) in [6.07, 6.45) is 0. The van der Waals surface area contributed by atoms with E-state index in [4.69, 9.17) is 9.47 Å². The van der Waals surface area contributed by atoms with Gasteiger partial charge in [-0.05, 0) is 43.2 Å². The third-order valence-electron chi connectivity index (χ3n) is 7.05. The number of aromatic amines is 1. The Kier molecular flexibility index (Phi) is 7.75. The van der Waals surface area contributed by atoms with Crippen LogP contribution in [-0.4, -0.2) is 29.1 Å². The van der Waals surface area contributed by atoms with Crippen LogP contribution < -0.4 is 0 Å². The van der Waals surface area contributed by atoms with Crippen molar-refractivity contribution in [3.8, 4) is 0 Å². The highest BCUT2D eigenvalue weighted by Crippen LogP contribution is 2.46. The van der Waals surface area contributed by atoms with Crippen molar-refractivity contribution >= 4 is 22.6 Å². The zero-order valence-corrected chi connectivity index (χ0v) is 22.4. The summed E-state index contributed by atoms with van der Waals surface area (Å²) in [4.78, 5) is 28.8. The minimum Gasteiger partial charge on any atom is -0.463 e. The van der Waals surface area contributed by atoms with Crippen LogP contribution in [0.3, 0.4) is 0 Å². The SMILES string of the molecule is CCOC(=O)C(OCC)(c1ccc([N+](=O)[O-])cc1)c1c(C(c2ccccc2)c2ccccc2)[nH]c2ccccc12. The Morgan fingerprint density at radius 3 is 1.95 bits per heavy atom. The van der Waals surface area contributed by atoms with Gasteiger partial charge >= 0.3 is 5.97 Å². The smallest absolute Gasteiger partial charge is 0.347 e. The van der Waals surface area contributed by atoms with Gasteiger partial charge in [-0.3, -0.25) is 10.1 Å². The molecule has 40 heavy (non-hydrogen) atoms. The monoisotopic (exact) mass is 534 g/mol. The summed E-state index contributed by atoms with van der Waals surface area (Å²) < 4.78 is 12.2. The number of carbonyl (C=O) groups is 1. The van der Waals surface area contributed by atoms with Gasteiger partial charge in [0.05, 0.1) is 11.5 Å². The van der Waals surface area contributed by atoms with Crippen molar-refractivity contribution in [2.24, 2.45) is 0 Å². The first kappa shape index (κ1) is 26.8. The average Bonchev–Trinajstić information content (AvgIpc) is 3.36. The average molecular weight is 535 g/mol. The molecule has 1 aromatic heterocycles. The van der Waals surface area contributed by atoms with Gasteiger partial charge in [-0.1, -0.05) is 78.9 Å². The Morgan fingerprint density at radius 1 is 0.825 bits per heavy atom. The third-order valence-corrected chi connectivity index (χ3v) is 7.05. The fourth-order valence-corrected chi connectivity index (χ4v) is 5.42. The van der Waals surface area contributed by atoms with Gasteiger partial charge in [-0.2, -0.15) is 0 Å². The Labute approximate surface area is 232 Å². The molecule has 7 heteroatoms.